The number of oxime groups is 1. The molecular weight excluding hydrogens is 130 g/mol. The average Bonchev–Trinajstić information content (AvgIpc) is 2.25. The monoisotopic (exact) mass is 153 g/mol. The van der Waals surface area contributed by atoms with Gasteiger partial charge in [-0.3, -0.25) is 0 Å². The Hall–Kier alpha value is -1.24. The fourth-order valence-corrected chi connectivity index (χ4v) is 0.0250. The van der Waals surface area contributed by atoms with Crippen LogP contribution in [0.15, 0.2) is 5.16 Å². The van der Waals surface area contributed by atoms with Crippen LogP contribution in [0.4, 0.5) is 0 Å². The lowest BCUT2D eigenvalue weighted by Crippen LogP contribution is -2.08. The Kier molecular flexibility index (Phi) is 2.01. The zero-order valence-electron chi connectivity index (χ0n) is 14.9. The quantitative estimate of drug-likeness (QED) is 0.256. The standard InChI is InChI=1S/C3H8N2O.C3H5N/c1-2-3(4)5-6;1-2-3-4/h6H,2H2,1H3,(H2,4,5);2H2,1H3/i2*1D3,2D2. The van der Waals surface area contributed by atoms with Crippen LogP contribution < -0.4 is 5.73 Å². The van der Waals surface area contributed by atoms with Crippen molar-refractivity contribution >= 4 is 5.84 Å². The van der Waals surface area contributed by atoms with E-state index in [-0.39, 0.29) is 0 Å². The Morgan fingerprint density at radius 3 is 2.80 bits per heavy atom. The van der Waals surface area contributed by atoms with Gasteiger partial charge in [-0.1, -0.05) is 18.9 Å². The molecule has 0 fully saturated rings. The number of hydrogen-bond donors (Lipinski definition) is 2. The second-order valence-electron chi connectivity index (χ2n) is 0.847. The normalized spacial score (nSPS) is 29.3. The third-order valence-electron chi connectivity index (χ3n) is 0.292. The molecule has 0 saturated heterocycles. The minimum absolute atomic E-state index is 0.947. The van der Waals surface area contributed by atoms with Gasteiger partial charge in [-0.25, -0.2) is 0 Å². The van der Waals surface area contributed by atoms with E-state index in [1.165, 1.54) is 0 Å². The first-order valence-electron chi connectivity index (χ1n) is 6.94. The molecular formula is C6H13N3O. The lowest BCUT2D eigenvalue weighted by atomic mass is 10.5. The van der Waals surface area contributed by atoms with E-state index < -0.39 is 32.3 Å². The van der Waals surface area contributed by atoms with Crippen LogP contribution >= 0.6 is 0 Å². The zero-order chi connectivity index (χ0) is 17.0. The molecule has 0 rings (SSSR count). The van der Waals surface area contributed by atoms with Gasteiger partial charge in [-0.15, -0.1) is 0 Å². The smallest absolute Gasteiger partial charge is 0.138 e. The molecule has 0 amide bonds. The van der Waals surface area contributed by atoms with Crippen LogP contribution in [0.25, 0.3) is 0 Å². The van der Waals surface area contributed by atoms with Gasteiger partial charge < -0.3 is 10.9 Å². The highest BCUT2D eigenvalue weighted by atomic mass is 16.4. The lowest BCUT2D eigenvalue weighted by Gasteiger charge is -1.82. The largest absolute Gasteiger partial charge is 0.409 e. The van der Waals surface area contributed by atoms with E-state index in [2.05, 4.69) is 5.16 Å². The van der Waals surface area contributed by atoms with Gasteiger partial charge in [0.15, 0.2) is 0 Å². The Morgan fingerprint density at radius 1 is 2.00 bits per heavy atom. The predicted octanol–water partition coefficient (Wildman–Crippen LogP) is 1.06. The molecule has 4 nitrogen and oxygen atoms in total. The molecule has 10 heavy (non-hydrogen) atoms. The molecule has 0 aromatic carbocycles. The van der Waals surface area contributed by atoms with Crippen LogP contribution in [0.1, 0.15) is 40.2 Å². The van der Waals surface area contributed by atoms with E-state index in [4.69, 9.17) is 29.9 Å². The van der Waals surface area contributed by atoms with Crippen LogP contribution in [-0.4, -0.2) is 11.0 Å². The number of nitrogens with two attached hydrogens (primary N) is 1. The molecule has 0 aliphatic rings. The molecule has 0 unspecified atom stereocenters. The number of nitriles is 1. The van der Waals surface area contributed by atoms with Gasteiger partial charge in [0.05, 0.1) is 6.07 Å². The van der Waals surface area contributed by atoms with Crippen molar-refractivity contribution in [2.45, 2.75) is 26.4 Å². The van der Waals surface area contributed by atoms with Crippen LogP contribution in [0.2, 0.25) is 0 Å². The Balaban J connectivity index is 0. The molecule has 4 heteroatoms. The summed E-state index contributed by atoms with van der Waals surface area (Å²) in [5.41, 5.74) is 4.80. The van der Waals surface area contributed by atoms with Crippen molar-refractivity contribution < 1.29 is 18.9 Å². The van der Waals surface area contributed by atoms with Crippen molar-refractivity contribution in [3.63, 3.8) is 0 Å². The predicted molar refractivity (Wildman–Crippen MR) is 39.6 cm³/mol. The van der Waals surface area contributed by atoms with Crippen LogP contribution in [0, 0.1) is 11.3 Å². The molecule has 0 heterocycles. The third kappa shape index (κ3) is 15.9. The lowest BCUT2D eigenvalue weighted by molar-refractivity contribution is 0.317. The average molecular weight is 153 g/mol. The third-order valence-corrected chi connectivity index (χ3v) is 0.292. The molecule has 0 atom stereocenters. The van der Waals surface area contributed by atoms with Gasteiger partial charge >= 0.3 is 0 Å². The molecule has 0 aliphatic carbocycles. The zero-order valence-corrected chi connectivity index (χ0v) is 4.92. The van der Waals surface area contributed by atoms with Crippen molar-refractivity contribution in [2.24, 2.45) is 10.9 Å². The molecule has 0 saturated carbocycles. The Labute approximate surface area is 75.0 Å². The summed E-state index contributed by atoms with van der Waals surface area (Å²) < 4.78 is 66.3. The summed E-state index contributed by atoms with van der Waals surface area (Å²) >= 11 is 0. The van der Waals surface area contributed by atoms with Gasteiger partial charge in [0.1, 0.15) is 5.84 Å². The number of amidine groups is 1. The van der Waals surface area contributed by atoms with Crippen molar-refractivity contribution in [1.29, 1.82) is 5.26 Å². The van der Waals surface area contributed by atoms with E-state index in [1.54, 1.807) is 0 Å². The SMILES string of the molecule is [2H]C([2H])([2H])C([2H])([2H])/C(N)=N/O.[2H]C([2H])([2H])C([2H])([2H])C#N. The summed E-state index contributed by atoms with van der Waals surface area (Å²) in [5.74, 6) is -0.947. The van der Waals surface area contributed by atoms with E-state index in [0.29, 0.717) is 0 Å². The van der Waals surface area contributed by atoms with E-state index in [0.717, 1.165) is 6.07 Å². The van der Waals surface area contributed by atoms with Crippen LogP contribution in [0.3, 0.4) is 0 Å². The summed E-state index contributed by atoms with van der Waals surface area (Å²) in [7, 11) is 0. The first-order valence-corrected chi connectivity index (χ1v) is 1.94. The minimum Gasteiger partial charge on any atom is -0.409 e. The van der Waals surface area contributed by atoms with Gasteiger partial charge in [0, 0.05) is 26.5 Å². The molecule has 0 spiro atoms. The van der Waals surface area contributed by atoms with Crippen molar-refractivity contribution in [2.75, 3.05) is 0 Å². The molecule has 0 aliphatic heterocycles. The molecule has 0 aromatic rings. The highest BCUT2D eigenvalue weighted by Crippen LogP contribution is 1.70. The summed E-state index contributed by atoms with van der Waals surface area (Å²) in [4.78, 5) is 0. The van der Waals surface area contributed by atoms with Gasteiger partial charge in [-0.05, 0) is 0 Å². The number of hydrogen-bond acceptors (Lipinski definition) is 3. The van der Waals surface area contributed by atoms with E-state index >= 15 is 0 Å². The van der Waals surface area contributed by atoms with Gasteiger partial charge in [0.2, 0.25) is 0 Å². The summed E-state index contributed by atoms with van der Waals surface area (Å²) in [6.45, 7) is -5.74. The Morgan fingerprint density at radius 2 is 2.70 bits per heavy atom. The van der Waals surface area contributed by atoms with Gasteiger partial charge in [0.25, 0.3) is 0 Å². The number of nitrogens with zero attached hydrogens (tertiary/aromatic N) is 2. The molecule has 58 valence electrons. The highest BCUT2D eigenvalue weighted by Gasteiger charge is 1.78. The maximum atomic E-state index is 8.01. The molecule has 0 aromatic heterocycles. The minimum atomic E-state index is -2.91. The summed E-state index contributed by atoms with van der Waals surface area (Å²) in [6.07, 6.45) is -5.49. The fourth-order valence-electron chi connectivity index (χ4n) is 0.0250. The summed E-state index contributed by atoms with van der Waals surface area (Å²) in [6, 6.07) is 1.05. The van der Waals surface area contributed by atoms with Crippen LogP contribution in [-0.2, 0) is 0 Å². The maximum Gasteiger partial charge on any atom is 0.138 e. The van der Waals surface area contributed by atoms with E-state index in [1.807, 2.05) is 0 Å². The molecule has 3 N–H and O–H groups in total. The first kappa shape index (κ1) is 1.88. The van der Waals surface area contributed by atoms with Gasteiger partial charge in [-0.2, -0.15) is 5.26 Å². The maximum absolute atomic E-state index is 8.01. The van der Waals surface area contributed by atoms with E-state index in [9.17, 15) is 0 Å². The van der Waals surface area contributed by atoms with Crippen molar-refractivity contribution in [1.82, 2.24) is 0 Å². The topological polar surface area (TPSA) is 82.4 Å². The second kappa shape index (κ2) is 10.7. The second-order valence-corrected chi connectivity index (χ2v) is 0.847. The first-order chi connectivity index (χ1) is 8.54. The van der Waals surface area contributed by atoms with Crippen molar-refractivity contribution in [3.8, 4) is 6.07 Å². The fraction of sp³-hybridized carbons (Fsp3) is 0.667. The highest BCUT2D eigenvalue weighted by molar-refractivity contribution is 5.79. The molecule has 0 bridgehead atoms. The molecule has 0 radical (unpaired) electrons. The number of rotatable bonds is 1. The Bertz CT molecular complexity index is 389. The summed E-state index contributed by atoms with van der Waals surface area (Å²) in [5, 5.41) is 18.2. The van der Waals surface area contributed by atoms with Crippen LogP contribution in [0.5, 0.6) is 0 Å². The van der Waals surface area contributed by atoms with Crippen molar-refractivity contribution in [3.05, 3.63) is 0 Å².